The van der Waals surface area contributed by atoms with Crippen molar-refractivity contribution in [1.82, 2.24) is 9.80 Å². The lowest BCUT2D eigenvalue weighted by atomic mass is 10.1. The van der Waals surface area contributed by atoms with Crippen molar-refractivity contribution in [3.8, 4) is 5.75 Å². The Morgan fingerprint density at radius 1 is 1.26 bits per heavy atom. The smallest absolute Gasteiger partial charge is 0.267 e. The molecule has 3 rings (SSSR count). The molecule has 2 aliphatic rings. The van der Waals surface area contributed by atoms with Gasteiger partial charge in [0.05, 0.1) is 5.69 Å². The van der Waals surface area contributed by atoms with Crippen LogP contribution in [0.3, 0.4) is 0 Å². The summed E-state index contributed by atoms with van der Waals surface area (Å²) < 4.78 is 5.56. The predicted octanol–water partition coefficient (Wildman–Crippen LogP) is 0.344. The van der Waals surface area contributed by atoms with Crippen LogP contribution in [-0.2, 0) is 9.59 Å². The number of anilines is 1. The first kappa shape index (κ1) is 15.3. The zero-order chi connectivity index (χ0) is 16.6. The normalized spacial score (nSPS) is 20.9. The first-order chi connectivity index (χ1) is 11.0. The molecule has 0 N–H and O–H groups in total. The van der Waals surface area contributed by atoms with Crippen molar-refractivity contribution in [3.63, 3.8) is 0 Å². The number of fused-ring (bicyclic) bond motifs is 1. The number of rotatable bonds is 2. The van der Waals surface area contributed by atoms with Crippen LogP contribution in [0.5, 0.6) is 5.75 Å². The Morgan fingerprint density at radius 3 is 2.61 bits per heavy atom. The highest BCUT2D eigenvalue weighted by Crippen LogP contribution is 2.34. The number of hydrogen-bond acceptors (Lipinski definition) is 4. The molecule has 1 atom stereocenters. The van der Waals surface area contributed by atoms with Crippen molar-refractivity contribution in [1.29, 1.82) is 0 Å². The van der Waals surface area contributed by atoms with Crippen LogP contribution < -0.4 is 9.64 Å². The van der Waals surface area contributed by atoms with E-state index < -0.39 is 6.10 Å². The Kier molecular flexibility index (Phi) is 3.94. The van der Waals surface area contributed by atoms with Gasteiger partial charge in [-0.15, -0.1) is 0 Å². The lowest BCUT2D eigenvalue weighted by Gasteiger charge is -2.33. The lowest BCUT2D eigenvalue weighted by Crippen LogP contribution is -2.48. The SMILES string of the molecule is CC1Oc2ccc(C(=O)N3CCN(C=O)CC3)cc2N(C)C1=O. The molecule has 2 heterocycles. The van der Waals surface area contributed by atoms with Crippen LogP contribution in [0.2, 0.25) is 0 Å². The number of likely N-dealkylation sites (N-methyl/N-ethyl adjacent to an activating group) is 1. The van der Waals surface area contributed by atoms with Crippen LogP contribution in [-0.4, -0.2) is 67.4 Å². The minimum atomic E-state index is -0.523. The van der Waals surface area contributed by atoms with Crippen molar-refractivity contribution < 1.29 is 19.1 Å². The number of piperazine rings is 1. The summed E-state index contributed by atoms with van der Waals surface area (Å²) in [6.45, 7) is 3.81. The lowest BCUT2D eigenvalue weighted by molar-refractivity contribution is -0.125. The molecule has 7 heteroatoms. The second-order valence-electron chi connectivity index (χ2n) is 5.77. The maximum Gasteiger partial charge on any atom is 0.267 e. The molecule has 122 valence electrons. The van der Waals surface area contributed by atoms with Gasteiger partial charge in [0, 0.05) is 38.8 Å². The second-order valence-corrected chi connectivity index (χ2v) is 5.77. The zero-order valence-electron chi connectivity index (χ0n) is 13.2. The van der Waals surface area contributed by atoms with Gasteiger partial charge in [-0.05, 0) is 25.1 Å². The van der Waals surface area contributed by atoms with E-state index in [0.717, 1.165) is 6.41 Å². The first-order valence-corrected chi connectivity index (χ1v) is 7.58. The third kappa shape index (κ3) is 2.74. The summed E-state index contributed by atoms with van der Waals surface area (Å²) in [6, 6.07) is 5.13. The molecule has 1 unspecified atom stereocenters. The van der Waals surface area contributed by atoms with Crippen molar-refractivity contribution in [2.75, 3.05) is 38.1 Å². The number of ether oxygens (including phenoxy) is 1. The number of benzene rings is 1. The fourth-order valence-corrected chi connectivity index (χ4v) is 2.86. The number of carbonyl (C=O) groups is 3. The summed E-state index contributed by atoms with van der Waals surface area (Å²) in [5, 5.41) is 0. The maximum atomic E-state index is 12.6. The molecule has 0 saturated carbocycles. The van der Waals surface area contributed by atoms with Gasteiger partial charge in [0.25, 0.3) is 11.8 Å². The molecule has 0 spiro atoms. The minimum absolute atomic E-state index is 0.0992. The topological polar surface area (TPSA) is 70.2 Å². The van der Waals surface area contributed by atoms with Gasteiger partial charge < -0.3 is 19.4 Å². The van der Waals surface area contributed by atoms with Crippen LogP contribution in [0.25, 0.3) is 0 Å². The second kappa shape index (κ2) is 5.91. The Hall–Kier alpha value is -2.57. The van der Waals surface area contributed by atoms with Gasteiger partial charge in [-0.3, -0.25) is 14.4 Å². The summed E-state index contributed by atoms with van der Waals surface area (Å²) >= 11 is 0. The van der Waals surface area contributed by atoms with Crippen molar-refractivity contribution in [2.24, 2.45) is 0 Å². The number of hydrogen-bond donors (Lipinski definition) is 0. The van der Waals surface area contributed by atoms with E-state index in [0.29, 0.717) is 43.2 Å². The van der Waals surface area contributed by atoms with Gasteiger partial charge in [0.1, 0.15) is 5.75 Å². The zero-order valence-corrected chi connectivity index (χ0v) is 13.2. The quantitative estimate of drug-likeness (QED) is 0.738. The number of carbonyl (C=O) groups excluding carboxylic acids is 3. The standard InChI is InChI=1S/C16H19N3O4/c1-11-15(21)17(2)13-9-12(3-4-14(13)23-11)16(22)19-7-5-18(10-20)6-8-19/h3-4,9-11H,5-8H2,1-2H3. The van der Waals surface area contributed by atoms with E-state index in [4.69, 9.17) is 4.74 Å². The predicted molar refractivity (Wildman–Crippen MR) is 83.5 cm³/mol. The highest BCUT2D eigenvalue weighted by Gasteiger charge is 2.30. The number of nitrogens with zero attached hydrogens (tertiary/aromatic N) is 3. The van der Waals surface area contributed by atoms with E-state index in [2.05, 4.69) is 0 Å². The Bertz CT molecular complexity index is 653. The van der Waals surface area contributed by atoms with Crippen molar-refractivity contribution >= 4 is 23.9 Å². The van der Waals surface area contributed by atoms with Crippen molar-refractivity contribution in [2.45, 2.75) is 13.0 Å². The summed E-state index contributed by atoms with van der Waals surface area (Å²) in [5.74, 6) is 0.362. The van der Waals surface area contributed by atoms with Crippen LogP contribution in [0, 0.1) is 0 Å². The van der Waals surface area contributed by atoms with Crippen LogP contribution in [0.15, 0.2) is 18.2 Å². The van der Waals surface area contributed by atoms with Crippen LogP contribution in [0.4, 0.5) is 5.69 Å². The molecule has 1 saturated heterocycles. The van der Waals surface area contributed by atoms with E-state index in [1.54, 1.807) is 42.0 Å². The van der Waals surface area contributed by atoms with Gasteiger partial charge >= 0.3 is 0 Å². The Labute approximate surface area is 134 Å². The molecule has 3 amide bonds. The van der Waals surface area contributed by atoms with E-state index in [1.165, 1.54) is 4.90 Å². The molecule has 0 aromatic heterocycles. The molecule has 0 aliphatic carbocycles. The molecule has 1 aromatic rings. The van der Waals surface area contributed by atoms with Crippen LogP contribution >= 0.6 is 0 Å². The van der Waals surface area contributed by atoms with Gasteiger partial charge in [-0.25, -0.2) is 0 Å². The van der Waals surface area contributed by atoms with E-state index >= 15 is 0 Å². The number of amides is 3. The molecule has 7 nitrogen and oxygen atoms in total. The van der Waals surface area contributed by atoms with Gasteiger partial charge in [-0.2, -0.15) is 0 Å². The first-order valence-electron chi connectivity index (χ1n) is 7.58. The molecule has 1 aromatic carbocycles. The maximum absolute atomic E-state index is 12.6. The molecule has 0 radical (unpaired) electrons. The van der Waals surface area contributed by atoms with E-state index in [1.807, 2.05) is 0 Å². The Morgan fingerprint density at radius 2 is 1.96 bits per heavy atom. The largest absolute Gasteiger partial charge is 0.479 e. The monoisotopic (exact) mass is 317 g/mol. The average Bonchev–Trinajstić information content (AvgIpc) is 2.59. The molecule has 0 bridgehead atoms. The highest BCUT2D eigenvalue weighted by atomic mass is 16.5. The third-order valence-corrected chi connectivity index (χ3v) is 4.30. The van der Waals surface area contributed by atoms with Crippen LogP contribution in [0.1, 0.15) is 17.3 Å². The highest BCUT2D eigenvalue weighted by molar-refractivity contribution is 6.02. The Balaban J connectivity index is 1.81. The molecule has 2 aliphatic heterocycles. The summed E-state index contributed by atoms with van der Waals surface area (Å²) in [4.78, 5) is 40.2. The molecule has 1 fully saturated rings. The van der Waals surface area contributed by atoms with Crippen molar-refractivity contribution in [3.05, 3.63) is 23.8 Å². The fourth-order valence-electron chi connectivity index (χ4n) is 2.86. The molecule has 23 heavy (non-hydrogen) atoms. The van der Waals surface area contributed by atoms with Gasteiger partial charge in [0.2, 0.25) is 6.41 Å². The summed E-state index contributed by atoms with van der Waals surface area (Å²) in [5.41, 5.74) is 1.12. The van der Waals surface area contributed by atoms with E-state index in [-0.39, 0.29) is 11.8 Å². The molecular weight excluding hydrogens is 298 g/mol. The van der Waals surface area contributed by atoms with E-state index in [9.17, 15) is 14.4 Å². The summed E-state index contributed by atoms with van der Waals surface area (Å²) in [6.07, 6.45) is 0.283. The minimum Gasteiger partial charge on any atom is -0.479 e. The molecular formula is C16H19N3O4. The summed E-state index contributed by atoms with van der Waals surface area (Å²) in [7, 11) is 1.68. The van der Waals surface area contributed by atoms with Gasteiger partial charge in [-0.1, -0.05) is 0 Å². The van der Waals surface area contributed by atoms with Gasteiger partial charge in [0.15, 0.2) is 6.10 Å². The average molecular weight is 317 g/mol. The fraction of sp³-hybridized carbons (Fsp3) is 0.438. The third-order valence-electron chi connectivity index (χ3n) is 4.30.